The first-order chi connectivity index (χ1) is 8.47. The Bertz CT molecular complexity index is 678. The lowest BCUT2D eigenvalue weighted by Crippen LogP contribution is -2.13. The zero-order valence-electron chi connectivity index (χ0n) is 8.84. The fraction of sp³-hybridized carbons (Fsp3) is 0. The summed E-state index contributed by atoms with van der Waals surface area (Å²) in [6.07, 6.45) is 4.18. The van der Waals surface area contributed by atoms with Crippen molar-refractivity contribution in [2.24, 2.45) is 0 Å². The Balaban J connectivity index is 2.33. The van der Waals surface area contributed by atoms with Crippen molar-refractivity contribution in [1.29, 1.82) is 0 Å². The SMILES string of the molecule is O=S(=O)(Nc1ccnc(Cl)c1)c1cncc(Br)c1. The molecule has 0 radical (unpaired) electrons. The van der Waals surface area contributed by atoms with E-state index in [2.05, 4.69) is 30.6 Å². The molecular weight excluding hydrogens is 342 g/mol. The van der Waals surface area contributed by atoms with Gasteiger partial charge in [-0.05, 0) is 34.1 Å². The number of nitrogens with zero attached hydrogens (tertiary/aromatic N) is 2. The third-order valence-electron chi connectivity index (χ3n) is 1.97. The van der Waals surface area contributed by atoms with Crippen LogP contribution in [-0.2, 0) is 10.0 Å². The van der Waals surface area contributed by atoms with E-state index in [-0.39, 0.29) is 10.0 Å². The van der Waals surface area contributed by atoms with Crippen LogP contribution in [0, 0.1) is 0 Å². The second-order valence-corrected chi connectivity index (χ2v) is 6.30. The summed E-state index contributed by atoms with van der Waals surface area (Å²) in [5, 5.41) is 0.211. The van der Waals surface area contributed by atoms with E-state index in [1.165, 1.54) is 36.8 Å². The van der Waals surface area contributed by atoms with E-state index in [1.807, 2.05) is 0 Å². The van der Waals surface area contributed by atoms with Gasteiger partial charge in [0.25, 0.3) is 10.0 Å². The van der Waals surface area contributed by atoms with Crippen molar-refractivity contribution in [3.8, 4) is 0 Å². The predicted molar refractivity (Wildman–Crippen MR) is 72.0 cm³/mol. The molecule has 0 bridgehead atoms. The molecule has 0 aromatic carbocycles. The Labute approximate surface area is 117 Å². The number of hydrogen-bond acceptors (Lipinski definition) is 4. The van der Waals surface area contributed by atoms with Crippen LogP contribution in [0.1, 0.15) is 0 Å². The van der Waals surface area contributed by atoms with Crippen LogP contribution in [0.4, 0.5) is 5.69 Å². The van der Waals surface area contributed by atoms with E-state index >= 15 is 0 Å². The Morgan fingerprint density at radius 1 is 1.28 bits per heavy atom. The number of sulfonamides is 1. The molecule has 0 saturated carbocycles. The van der Waals surface area contributed by atoms with E-state index in [0.29, 0.717) is 10.2 Å². The molecule has 0 aliphatic heterocycles. The van der Waals surface area contributed by atoms with Gasteiger partial charge in [0.15, 0.2) is 0 Å². The number of aromatic nitrogens is 2. The zero-order valence-corrected chi connectivity index (χ0v) is 12.0. The van der Waals surface area contributed by atoms with Gasteiger partial charge in [-0.1, -0.05) is 11.6 Å². The summed E-state index contributed by atoms with van der Waals surface area (Å²) >= 11 is 8.84. The summed E-state index contributed by atoms with van der Waals surface area (Å²) in [6.45, 7) is 0. The first-order valence-corrected chi connectivity index (χ1v) is 7.38. The second-order valence-electron chi connectivity index (χ2n) is 3.31. The number of hydrogen-bond donors (Lipinski definition) is 1. The van der Waals surface area contributed by atoms with Crippen LogP contribution in [0.25, 0.3) is 0 Å². The topological polar surface area (TPSA) is 72.0 Å². The molecule has 0 aliphatic rings. The van der Waals surface area contributed by atoms with Crippen LogP contribution in [0.2, 0.25) is 5.15 Å². The zero-order chi connectivity index (χ0) is 13.2. The molecule has 0 unspecified atom stereocenters. The minimum absolute atomic E-state index is 0.0600. The minimum atomic E-state index is -3.68. The molecular formula is C10H7BrClN3O2S. The van der Waals surface area contributed by atoms with Crippen molar-refractivity contribution in [3.63, 3.8) is 0 Å². The van der Waals surface area contributed by atoms with Gasteiger partial charge >= 0.3 is 0 Å². The number of anilines is 1. The van der Waals surface area contributed by atoms with Gasteiger partial charge in [-0.3, -0.25) is 9.71 Å². The summed E-state index contributed by atoms with van der Waals surface area (Å²) in [6, 6.07) is 4.39. The molecule has 0 aliphatic carbocycles. The lowest BCUT2D eigenvalue weighted by atomic mass is 10.4. The van der Waals surface area contributed by atoms with E-state index in [4.69, 9.17) is 11.6 Å². The first kappa shape index (κ1) is 13.3. The molecule has 94 valence electrons. The summed E-state index contributed by atoms with van der Waals surface area (Å²) < 4.78 is 27.0. The Morgan fingerprint density at radius 3 is 2.72 bits per heavy atom. The second kappa shape index (κ2) is 5.21. The van der Waals surface area contributed by atoms with Crippen molar-refractivity contribution < 1.29 is 8.42 Å². The van der Waals surface area contributed by atoms with Crippen LogP contribution in [0.15, 0.2) is 46.2 Å². The monoisotopic (exact) mass is 347 g/mol. The molecule has 2 rings (SSSR count). The molecule has 0 atom stereocenters. The average molecular weight is 349 g/mol. The van der Waals surface area contributed by atoms with Gasteiger partial charge in [-0.2, -0.15) is 0 Å². The maximum atomic E-state index is 12.0. The van der Waals surface area contributed by atoms with E-state index in [1.54, 1.807) is 0 Å². The Morgan fingerprint density at radius 2 is 2.06 bits per heavy atom. The van der Waals surface area contributed by atoms with Crippen LogP contribution in [0.3, 0.4) is 0 Å². The molecule has 2 heterocycles. The highest BCUT2D eigenvalue weighted by Gasteiger charge is 2.15. The number of rotatable bonds is 3. The third kappa shape index (κ3) is 3.18. The Kier molecular flexibility index (Phi) is 3.84. The highest BCUT2D eigenvalue weighted by molar-refractivity contribution is 9.10. The smallest absolute Gasteiger partial charge is 0.263 e. The molecule has 2 aromatic rings. The van der Waals surface area contributed by atoms with Crippen LogP contribution < -0.4 is 4.72 Å². The molecule has 0 amide bonds. The lowest BCUT2D eigenvalue weighted by Gasteiger charge is -2.07. The van der Waals surface area contributed by atoms with Gasteiger partial charge in [-0.25, -0.2) is 13.4 Å². The summed E-state index contributed by atoms with van der Waals surface area (Å²) in [5.41, 5.74) is 0.343. The highest BCUT2D eigenvalue weighted by Crippen LogP contribution is 2.19. The van der Waals surface area contributed by atoms with Crippen molar-refractivity contribution in [1.82, 2.24) is 9.97 Å². The molecule has 18 heavy (non-hydrogen) atoms. The standard InChI is InChI=1S/C10H7BrClN3O2S/c11-7-3-9(6-13-5-7)18(16,17)15-8-1-2-14-10(12)4-8/h1-6H,(H,14,15). The van der Waals surface area contributed by atoms with E-state index in [9.17, 15) is 8.42 Å². The first-order valence-electron chi connectivity index (χ1n) is 4.72. The maximum absolute atomic E-state index is 12.0. The van der Waals surface area contributed by atoms with Crippen molar-refractivity contribution in [2.45, 2.75) is 4.90 Å². The lowest BCUT2D eigenvalue weighted by molar-refractivity contribution is 0.600. The number of nitrogens with one attached hydrogen (secondary N) is 1. The van der Waals surface area contributed by atoms with Crippen molar-refractivity contribution in [3.05, 3.63) is 46.4 Å². The summed E-state index contributed by atoms with van der Waals surface area (Å²) in [7, 11) is -3.68. The average Bonchev–Trinajstić information content (AvgIpc) is 2.28. The molecule has 0 saturated heterocycles. The van der Waals surface area contributed by atoms with Gasteiger partial charge in [0, 0.05) is 23.1 Å². The molecule has 1 N–H and O–H groups in total. The number of pyridine rings is 2. The Hall–Kier alpha value is -1.18. The minimum Gasteiger partial charge on any atom is -0.279 e. The van der Waals surface area contributed by atoms with Crippen molar-refractivity contribution in [2.75, 3.05) is 4.72 Å². The highest BCUT2D eigenvalue weighted by atomic mass is 79.9. The fourth-order valence-electron chi connectivity index (χ4n) is 1.22. The molecule has 5 nitrogen and oxygen atoms in total. The molecule has 8 heteroatoms. The third-order valence-corrected chi connectivity index (χ3v) is 3.96. The number of halogens is 2. The predicted octanol–water partition coefficient (Wildman–Crippen LogP) is 2.69. The fourth-order valence-corrected chi connectivity index (χ4v) is 2.95. The van der Waals surface area contributed by atoms with Gasteiger partial charge in [0.1, 0.15) is 10.0 Å². The summed E-state index contributed by atoms with van der Waals surface area (Å²) in [5.74, 6) is 0. The van der Waals surface area contributed by atoms with Gasteiger partial charge in [-0.15, -0.1) is 0 Å². The normalized spacial score (nSPS) is 11.2. The molecule has 2 aromatic heterocycles. The summed E-state index contributed by atoms with van der Waals surface area (Å²) in [4.78, 5) is 7.63. The van der Waals surface area contributed by atoms with Crippen LogP contribution in [0.5, 0.6) is 0 Å². The largest absolute Gasteiger partial charge is 0.279 e. The molecule has 0 spiro atoms. The van der Waals surface area contributed by atoms with Gasteiger partial charge < -0.3 is 0 Å². The quantitative estimate of drug-likeness (QED) is 0.866. The van der Waals surface area contributed by atoms with E-state index < -0.39 is 10.0 Å². The maximum Gasteiger partial charge on any atom is 0.263 e. The van der Waals surface area contributed by atoms with Crippen molar-refractivity contribution >= 4 is 43.2 Å². The van der Waals surface area contributed by atoms with Crippen LogP contribution in [-0.4, -0.2) is 18.4 Å². The van der Waals surface area contributed by atoms with Gasteiger partial charge in [0.2, 0.25) is 0 Å². The van der Waals surface area contributed by atoms with Crippen LogP contribution >= 0.6 is 27.5 Å². The molecule has 0 fully saturated rings. The van der Waals surface area contributed by atoms with E-state index in [0.717, 1.165) is 0 Å². The van der Waals surface area contributed by atoms with Gasteiger partial charge in [0.05, 0.1) is 5.69 Å².